The molecule has 0 N–H and O–H groups in total. The van der Waals surface area contributed by atoms with Crippen LogP contribution in [0.5, 0.6) is 0 Å². The Balaban J connectivity index is 2.17. The second-order valence-electron chi connectivity index (χ2n) is 5.54. The van der Waals surface area contributed by atoms with Crippen LogP contribution < -0.4 is 0 Å². The minimum atomic E-state index is 0.713. The predicted molar refractivity (Wildman–Crippen MR) is 87.4 cm³/mol. The predicted octanol–water partition coefficient (Wildman–Crippen LogP) is 4.21. The zero-order chi connectivity index (χ0) is 15.0. The molecule has 0 bridgehead atoms. The van der Waals surface area contributed by atoms with Gasteiger partial charge in [-0.25, -0.2) is 4.98 Å². The first-order valence-corrected chi connectivity index (χ1v) is 7.11. The second-order valence-corrected chi connectivity index (χ2v) is 5.54. The lowest BCUT2D eigenvalue weighted by molar-refractivity contribution is 0.703. The van der Waals surface area contributed by atoms with Crippen molar-refractivity contribution in [2.24, 2.45) is 0 Å². The van der Waals surface area contributed by atoms with Crippen LogP contribution >= 0.6 is 0 Å². The summed E-state index contributed by atoms with van der Waals surface area (Å²) in [6.45, 7) is 10.8. The summed E-state index contributed by atoms with van der Waals surface area (Å²) in [5.41, 5.74) is 6.83. The summed E-state index contributed by atoms with van der Waals surface area (Å²) in [7, 11) is 0. The van der Waals surface area contributed by atoms with Crippen LogP contribution in [0.25, 0.3) is 22.2 Å². The fourth-order valence-corrected chi connectivity index (χ4v) is 2.72. The molecular formula is C18H19N3. The molecule has 0 atom stereocenters. The third-order valence-corrected chi connectivity index (χ3v) is 3.70. The van der Waals surface area contributed by atoms with Gasteiger partial charge in [0, 0.05) is 17.1 Å². The number of aryl methyl sites for hydroxylation is 3. The van der Waals surface area contributed by atoms with Gasteiger partial charge in [-0.15, -0.1) is 6.58 Å². The van der Waals surface area contributed by atoms with Crippen molar-refractivity contribution < 1.29 is 0 Å². The largest absolute Gasteiger partial charge is 0.268 e. The van der Waals surface area contributed by atoms with E-state index >= 15 is 0 Å². The molecule has 3 nitrogen and oxygen atoms in total. The zero-order valence-corrected chi connectivity index (χ0v) is 12.7. The number of hydrogen-bond acceptors (Lipinski definition) is 2. The van der Waals surface area contributed by atoms with Gasteiger partial charge in [0.05, 0.1) is 24.0 Å². The topological polar surface area (TPSA) is 30.7 Å². The third-order valence-electron chi connectivity index (χ3n) is 3.70. The van der Waals surface area contributed by atoms with Crippen molar-refractivity contribution in [3.05, 3.63) is 59.9 Å². The van der Waals surface area contributed by atoms with Crippen LogP contribution in [0.3, 0.4) is 0 Å². The van der Waals surface area contributed by atoms with Gasteiger partial charge in [-0.1, -0.05) is 17.7 Å². The molecule has 3 rings (SSSR count). The molecule has 21 heavy (non-hydrogen) atoms. The normalized spacial score (nSPS) is 11.0. The van der Waals surface area contributed by atoms with Crippen molar-refractivity contribution in [1.29, 1.82) is 0 Å². The third kappa shape index (κ3) is 2.47. The van der Waals surface area contributed by atoms with Gasteiger partial charge < -0.3 is 0 Å². The van der Waals surface area contributed by atoms with Crippen molar-refractivity contribution in [3.8, 4) is 11.3 Å². The van der Waals surface area contributed by atoms with Crippen molar-refractivity contribution in [3.63, 3.8) is 0 Å². The maximum absolute atomic E-state index is 4.84. The van der Waals surface area contributed by atoms with Crippen molar-refractivity contribution in [2.75, 3.05) is 0 Å². The molecule has 0 aliphatic carbocycles. The van der Waals surface area contributed by atoms with E-state index in [4.69, 9.17) is 4.98 Å². The summed E-state index contributed by atoms with van der Waals surface area (Å²) in [5, 5.41) is 5.57. The van der Waals surface area contributed by atoms with Crippen LogP contribution in [0.4, 0.5) is 0 Å². The molecule has 0 aliphatic rings. The van der Waals surface area contributed by atoms with Crippen molar-refractivity contribution in [1.82, 2.24) is 14.8 Å². The minimum absolute atomic E-state index is 0.713. The van der Waals surface area contributed by atoms with E-state index in [-0.39, 0.29) is 0 Å². The lowest BCUT2D eigenvalue weighted by Crippen LogP contribution is -1.94. The summed E-state index contributed by atoms with van der Waals surface area (Å²) in [6, 6.07) is 6.52. The van der Waals surface area contributed by atoms with E-state index < -0.39 is 0 Å². The zero-order valence-electron chi connectivity index (χ0n) is 12.7. The molecule has 0 fully saturated rings. The Morgan fingerprint density at radius 2 is 1.95 bits per heavy atom. The molecule has 0 unspecified atom stereocenters. The monoisotopic (exact) mass is 277 g/mol. The Bertz CT molecular complexity index is 828. The fourth-order valence-electron chi connectivity index (χ4n) is 2.72. The van der Waals surface area contributed by atoms with Crippen LogP contribution in [0, 0.1) is 20.8 Å². The Hall–Kier alpha value is -2.42. The number of pyridine rings is 1. The number of rotatable bonds is 3. The van der Waals surface area contributed by atoms with Gasteiger partial charge in [-0.2, -0.15) is 5.10 Å². The quantitative estimate of drug-likeness (QED) is 0.671. The van der Waals surface area contributed by atoms with Gasteiger partial charge in [0.1, 0.15) is 0 Å². The summed E-state index contributed by atoms with van der Waals surface area (Å²) < 4.78 is 1.87. The van der Waals surface area contributed by atoms with Gasteiger partial charge in [-0.3, -0.25) is 4.68 Å². The first-order chi connectivity index (χ1) is 10.1. The number of nitrogens with zero attached hydrogens (tertiary/aromatic N) is 3. The highest BCUT2D eigenvalue weighted by molar-refractivity contribution is 5.87. The molecule has 0 amide bonds. The highest BCUT2D eigenvalue weighted by Gasteiger charge is 2.09. The SMILES string of the molecule is C=CCn1cc(-c2cc(C)c3cc(C)cc(C)c3n2)cn1. The summed E-state index contributed by atoms with van der Waals surface area (Å²) in [5.74, 6) is 0. The fraction of sp³-hybridized carbons (Fsp3) is 0.222. The number of hydrogen-bond donors (Lipinski definition) is 0. The first-order valence-electron chi connectivity index (χ1n) is 7.11. The number of aromatic nitrogens is 3. The van der Waals surface area contributed by atoms with Crippen LogP contribution in [0.15, 0.2) is 43.2 Å². The summed E-state index contributed by atoms with van der Waals surface area (Å²) >= 11 is 0. The molecule has 1 aromatic carbocycles. The van der Waals surface area contributed by atoms with Gasteiger partial charge in [0.25, 0.3) is 0 Å². The molecular weight excluding hydrogens is 258 g/mol. The summed E-state index contributed by atoms with van der Waals surface area (Å²) in [6.07, 6.45) is 5.71. The number of benzene rings is 1. The Kier molecular flexibility index (Phi) is 3.34. The first kappa shape index (κ1) is 13.6. The van der Waals surface area contributed by atoms with E-state index in [1.54, 1.807) is 0 Å². The van der Waals surface area contributed by atoms with E-state index in [0.29, 0.717) is 6.54 Å². The van der Waals surface area contributed by atoms with Gasteiger partial charge in [0.2, 0.25) is 0 Å². The minimum Gasteiger partial charge on any atom is -0.268 e. The van der Waals surface area contributed by atoms with Gasteiger partial charge in [0.15, 0.2) is 0 Å². The van der Waals surface area contributed by atoms with E-state index in [9.17, 15) is 0 Å². The standard InChI is InChI=1S/C18H19N3/c1-5-6-21-11-15(10-19-21)17-9-13(3)16-8-12(2)7-14(4)18(16)20-17/h5,7-11H,1,6H2,2-4H3. The molecule has 3 aromatic rings. The smallest absolute Gasteiger partial charge is 0.0744 e. The van der Waals surface area contributed by atoms with Crippen LogP contribution in [0.1, 0.15) is 16.7 Å². The number of fused-ring (bicyclic) bond motifs is 1. The lowest BCUT2D eigenvalue weighted by atomic mass is 10.0. The second kappa shape index (κ2) is 5.17. The summed E-state index contributed by atoms with van der Waals surface area (Å²) in [4.78, 5) is 4.84. The molecule has 2 heterocycles. The average molecular weight is 277 g/mol. The average Bonchev–Trinajstić information content (AvgIpc) is 2.89. The maximum Gasteiger partial charge on any atom is 0.0744 e. The van der Waals surface area contributed by atoms with E-state index in [1.165, 1.54) is 22.1 Å². The molecule has 2 aromatic heterocycles. The highest BCUT2D eigenvalue weighted by atomic mass is 15.3. The molecule has 0 saturated heterocycles. The van der Waals surface area contributed by atoms with E-state index in [1.807, 2.05) is 23.2 Å². The lowest BCUT2D eigenvalue weighted by Gasteiger charge is -2.09. The van der Waals surface area contributed by atoms with Crippen LogP contribution in [-0.2, 0) is 6.54 Å². The Morgan fingerprint density at radius 1 is 1.14 bits per heavy atom. The van der Waals surface area contributed by atoms with Crippen LogP contribution in [0.2, 0.25) is 0 Å². The highest BCUT2D eigenvalue weighted by Crippen LogP contribution is 2.27. The van der Waals surface area contributed by atoms with Gasteiger partial charge in [-0.05, 0) is 44.0 Å². The molecule has 3 heteroatoms. The van der Waals surface area contributed by atoms with Crippen molar-refractivity contribution >= 4 is 10.9 Å². The van der Waals surface area contributed by atoms with E-state index in [0.717, 1.165) is 16.8 Å². The maximum atomic E-state index is 4.84. The van der Waals surface area contributed by atoms with Crippen molar-refractivity contribution in [2.45, 2.75) is 27.3 Å². The molecule has 0 spiro atoms. The molecule has 106 valence electrons. The van der Waals surface area contributed by atoms with E-state index in [2.05, 4.69) is 50.6 Å². The Morgan fingerprint density at radius 3 is 2.71 bits per heavy atom. The number of allylic oxidation sites excluding steroid dienone is 1. The van der Waals surface area contributed by atoms with Crippen LogP contribution in [-0.4, -0.2) is 14.8 Å². The Labute approximate surface area is 124 Å². The molecule has 0 saturated carbocycles. The molecule has 0 aliphatic heterocycles. The molecule has 0 radical (unpaired) electrons. The van der Waals surface area contributed by atoms with Gasteiger partial charge >= 0.3 is 0 Å².